The average Bonchev–Trinajstić information content (AvgIpc) is 2.59. The molecule has 0 aliphatic rings. The Balaban J connectivity index is 2.91. The van der Waals surface area contributed by atoms with Gasteiger partial charge in [0, 0.05) is 10.5 Å². The second-order valence-corrected chi connectivity index (χ2v) is 7.38. The van der Waals surface area contributed by atoms with Crippen LogP contribution in [0.15, 0.2) is 12.1 Å². The molecule has 0 aliphatic carbocycles. The highest BCUT2D eigenvalue weighted by Gasteiger charge is 2.25. The lowest BCUT2D eigenvalue weighted by atomic mass is 10.4. The minimum atomic E-state index is -3.34. The fourth-order valence-corrected chi connectivity index (χ4v) is 3.58. The largest absolute Gasteiger partial charge is 0.406 e. The molecule has 0 spiro atoms. The monoisotopic (exact) mass is 286 g/mol. The molecule has 0 aromatic carbocycles. The third-order valence-corrected chi connectivity index (χ3v) is 4.46. The minimum Gasteiger partial charge on any atom is -0.297 e. The summed E-state index contributed by atoms with van der Waals surface area (Å²) in [5, 5.41) is 0. The van der Waals surface area contributed by atoms with Gasteiger partial charge < -0.3 is 0 Å². The van der Waals surface area contributed by atoms with Gasteiger partial charge in [0.1, 0.15) is 0 Å². The summed E-state index contributed by atoms with van der Waals surface area (Å²) in [6.45, 7) is 9.26. The minimum absolute atomic E-state index is 0.186. The summed E-state index contributed by atoms with van der Waals surface area (Å²) < 4.78 is 23.1. The first kappa shape index (κ1) is 15.5. The predicted octanol–water partition coefficient (Wildman–Crippen LogP) is 4.41. The smallest absolute Gasteiger partial charge is 0.297 e. The zero-order valence-corrected chi connectivity index (χ0v) is 13.1. The Morgan fingerprint density at radius 1 is 1.17 bits per heavy atom. The fourth-order valence-electron chi connectivity index (χ4n) is 1.26. The topological polar surface area (TPSA) is 35.5 Å². The Bertz CT molecular complexity index is 480. The maximum Gasteiger partial charge on any atom is 0.406 e. The molecule has 0 saturated heterocycles. The van der Waals surface area contributed by atoms with Crippen LogP contribution in [-0.2, 0) is 13.6 Å². The molecule has 0 fully saturated rings. The Kier molecular flexibility index (Phi) is 5.62. The third-order valence-electron chi connectivity index (χ3n) is 1.76. The summed E-state index contributed by atoms with van der Waals surface area (Å²) in [6, 6.07) is 3.88. The molecule has 1 heterocycles. The van der Waals surface area contributed by atoms with E-state index in [-0.39, 0.29) is 12.2 Å². The number of aryl methyl sites for hydroxylation is 1. The SMILES string of the molecule is Cc1ccc(C#CP(=O)(OC(C)C)OC(C)C)s1. The van der Waals surface area contributed by atoms with Crippen molar-refractivity contribution < 1.29 is 13.6 Å². The molecular weight excluding hydrogens is 267 g/mol. The van der Waals surface area contributed by atoms with E-state index >= 15 is 0 Å². The maximum absolute atomic E-state index is 12.4. The highest BCUT2D eigenvalue weighted by atomic mass is 32.1. The Labute approximate surface area is 113 Å². The lowest BCUT2D eigenvalue weighted by Gasteiger charge is -2.17. The van der Waals surface area contributed by atoms with Crippen LogP contribution in [0.3, 0.4) is 0 Å². The van der Waals surface area contributed by atoms with Gasteiger partial charge in [-0.1, -0.05) is 0 Å². The summed E-state index contributed by atoms with van der Waals surface area (Å²) in [7, 11) is -3.34. The molecule has 0 amide bonds. The zero-order chi connectivity index (χ0) is 13.8. The van der Waals surface area contributed by atoms with E-state index in [4.69, 9.17) is 9.05 Å². The van der Waals surface area contributed by atoms with Crippen molar-refractivity contribution in [3.8, 4) is 11.6 Å². The average molecular weight is 286 g/mol. The van der Waals surface area contributed by atoms with Gasteiger partial charge in [-0.15, -0.1) is 11.3 Å². The number of thiophene rings is 1. The van der Waals surface area contributed by atoms with Crippen LogP contribution in [0.2, 0.25) is 0 Å². The van der Waals surface area contributed by atoms with Crippen LogP contribution in [0.5, 0.6) is 0 Å². The molecule has 0 saturated carbocycles. The van der Waals surface area contributed by atoms with E-state index in [0.29, 0.717) is 0 Å². The van der Waals surface area contributed by atoms with E-state index in [1.165, 1.54) is 4.88 Å². The first-order valence-corrected chi connectivity index (χ1v) is 8.23. The number of rotatable bonds is 4. The molecule has 0 aliphatic heterocycles. The highest BCUT2D eigenvalue weighted by Crippen LogP contribution is 2.49. The molecule has 100 valence electrons. The first-order chi connectivity index (χ1) is 8.31. The van der Waals surface area contributed by atoms with Gasteiger partial charge in [0.15, 0.2) is 0 Å². The second kappa shape index (κ2) is 6.54. The van der Waals surface area contributed by atoms with Crippen LogP contribution >= 0.6 is 18.9 Å². The lowest BCUT2D eigenvalue weighted by Crippen LogP contribution is -2.06. The molecule has 0 bridgehead atoms. The molecule has 5 heteroatoms. The van der Waals surface area contributed by atoms with Crippen LogP contribution in [0.1, 0.15) is 37.4 Å². The van der Waals surface area contributed by atoms with Crippen LogP contribution in [0, 0.1) is 18.5 Å². The number of hydrogen-bond donors (Lipinski definition) is 0. The summed E-state index contributed by atoms with van der Waals surface area (Å²) >= 11 is 1.56. The first-order valence-electron chi connectivity index (χ1n) is 5.87. The predicted molar refractivity (Wildman–Crippen MR) is 76.0 cm³/mol. The van der Waals surface area contributed by atoms with Crippen LogP contribution < -0.4 is 0 Å². The normalized spacial score (nSPS) is 11.7. The molecule has 0 N–H and O–H groups in total. The molecule has 18 heavy (non-hydrogen) atoms. The van der Waals surface area contributed by atoms with Crippen molar-refractivity contribution in [3.05, 3.63) is 21.9 Å². The summed E-state index contributed by atoms with van der Waals surface area (Å²) in [6.07, 6.45) is -0.372. The van der Waals surface area contributed by atoms with Crippen LogP contribution in [0.25, 0.3) is 0 Å². The van der Waals surface area contributed by atoms with Crippen molar-refractivity contribution in [2.24, 2.45) is 0 Å². The van der Waals surface area contributed by atoms with Gasteiger partial charge in [-0.3, -0.25) is 9.05 Å². The lowest BCUT2D eigenvalue weighted by molar-refractivity contribution is 0.151. The Morgan fingerprint density at radius 3 is 2.11 bits per heavy atom. The quantitative estimate of drug-likeness (QED) is 0.607. The van der Waals surface area contributed by atoms with Gasteiger partial charge in [-0.05, 0) is 52.7 Å². The van der Waals surface area contributed by atoms with Crippen LogP contribution in [-0.4, -0.2) is 12.2 Å². The third kappa shape index (κ3) is 5.37. The summed E-state index contributed by atoms with van der Waals surface area (Å²) in [5.74, 6) is 2.87. The van der Waals surface area contributed by atoms with E-state index in [9.17, 15) is 4.57 Å². The molecule has 1 aromatic rings. The standard InChI is InChI=1S/C13H19O3PS/c1-10(2)15-17(14,16-11(3)4)9-8-13-7-6-12(5)18-13/h6-7,10-11H,1-5H3. The van der Waals surface area contributed by atoms with E-state index in [1.807, 2.05) is 46.8 Å². The summed E-state index contributed by atoms with van der Waals surface area (Å²) in [5.41, 5.74) is 2.66. The van der Waals surface area contributed by atoms with E-state index < -0.39 is 7.60 Å². The van der Waals surface area contributed by atoms with Gasteiger partial charge >= 0.3 is 7.60 Å². The zero-order valence-electron chi connectivity index (χ0n) is 11.4. The van der Waals surface area contributed by atoms with E-state index in [2.05, 4.69) is 11.6 Å². The van der Waals surface area contributed by atoms with Crippen molar-refractivity contribution in [3.63, 3.8) is 0 Å². The van der Waals surface area contributed by atoms with Crippen LogP contribution in [0.4, 0.5) is 0 Å². The maximum atomic E-state index is 12.4. The molecule has 0 atom stereocenters. The number of hydrogen-bond acceptors (Lipinski definition) is 4. The van der Waals surface area contributed by atoms with Gasteiger partial charge in [0.2, 0.25) is 0 Å². The highest BCUT2D eigenvalue weighted by molar-refractivity contribution is 7.59. The van der Waals surface area contributed by atoms with Gasteiger partial charge in [0.25, 0.3) is 0 Å². The van der Waals surface area contributed by atoms with Crippen molar-refractivity contribution in [2.75, 3.05) is 0 Å². The van der Waals surface area contributed by atoms with E-state index in [1.54, 1.807) is 11.3 Å². The summed E-state index contributed by atoms with van der Waals surface area (Å²) in [4.78, 5) is 2.04. The van der Waals surface area contributed by atoms with Crippen molar-refractivity contribution >= 4 is 18.9 Å². The van der Waals surface area contributed by atoms with Crippen molar-refractivity contribution in [2.45, 2.75) is 46.8 Å². The Hall–Kier alpha value is -0.590. The molecule has 1 aromatic heterocycles. The van der Waals surface area contributed by atoms with Crippen molar-refractivity contribution in [1.82, 2.24) is 0 Å². The van der Waals surface area contributed by atoms with Gasteiger partial charge in [-0.2, -0.15) is 0 Å². The van der Waals surface area contributed by atoms with E-state index in [0.717, 1.165) is 4.88 Å². The molecule has 0 radical (unpaired) electrons. The second-order valence-electron chi connectivity index (χ2n) is 4.45. The fraction of sp³-hybridized carbons (Fsp3) is 0.538. The molecular formula is C13H19O3PS. The van der Waals surface area contributed by atoms with Gasteiger partial charge in [0.05, 0.1) is 17.1 Å². The Morgan fingerprint density at radius 2 is 1.72 bits per heavy atom. The molecule has 3 nitrogen and oxygen atoms in total. The molecule has 1 rings (SSSR count). The van der Waals surface area contributed by atoms with Gasteiger partial charge in [-0.25, -0.2) is 4.57 Å². The van der Waals surface area contributed by atoms with Crippen molar-refractivity contribution in [1.29, 1.82) is 0 Å². The molecule has 0 unspecified atom stereocenters.